The highest BCUT2D eigenvalue weighted by atomic mass is 16.1. The molecule has 3 nitrogen and oxygen atoms in total. The summed E-state index contributed by atoms with van der Waals surface area (Å²) in [4.78, 5) is 10.2. The second-order valence-corrected chi connectivity index (χ2v) is 2.14. The number of carbonyl (C=O) groups is 1. The summed E-state index contributed by atoms with van der Waals surface area (Å²) in [5.74, 6) is 0. The monoisotopic (exact) mass is 137 g/mol. The lowest BCUT2D eigenvalue weighted by Crippen LogP contribution is -2.27. The van der Waals surface area contributed by atoms with Crippen LogP contribution in [0.25, 0.3) is 0 Å². The molecule has 1 aromatic heterocycles. The molecule has 0 aliphatic rings. The highest BCUT2D eigenvalue weighted by Gasteiger charge is 2.00. The van der Waals surface area contributed by atoms with Crippen LogP contribution in [0.15, 0.2) is 18.5 Å². The van der Waals surface area contributed by atoms with Gasteiger partial charge in [-0.05, 0) is 0 Å². The Hall–Kier alpha value is -1.38. The quantitative estimate of drug-likeness (QED) is 0.434. The Labute approximate surface area is 59.1 Å². The van der Waals surface area contributed by atoms with Crippen molar-refractivity contribution >= 4 is 12.0 Å². The molecule has 0 aliphatic carbocycles. The van der Waals surface area contributed by atoms with Crippen molar-refractivity contribution in [2.75, 3.05) is 5.73 Å². The van der Waals surface area contributed by atoms with Crippen molar-refractivity contribution in [3.63, 3.8) is 0 Å². The number of nitrogen functional groups attached to an aromatic ring is 1. The van der Waals surface area contributed by atoms with Gasteiger partial charge in [0.1, 0.15) is 12.7 Å². The zero-order chi connectivity index (χ0) is 7.56. The Balaban J connectivity index is 3.19. The molecule has 3 heteroatoms. The summed E-state index contributed by atoms with van der Waals surface area (Å²) < 4.78 is 1.79. The molecule has 0 unspecified atom stereocenters. The molecule has 0 radical (unpaired) electrons. The second kappa shape index (κ2) is 2.47. The Morgan fingerprint density at radius 3 is 2.90 bits per heavy atom. The minimum Gasteiger partial charge on any atom is -0.393 e. The average molecular weight is 137 g/mol. The standard InChI is InChI=1S/C7H8N2O/c1-9-3-2-6(5-10)7(8)4-9/h2-5H,1H3,(H-,8,10)/p+1. The van der Waals surface area contributed by atoms with Crippen molar-refractivity contribution in [3.05, 3.63) is 24.0 Å². The van der Waals surface area contributed by atoms with Gasteiger partial charge in [-0.3, -0.25) is 4.79 Å². The fourth-order valence-electron chi connectivity index (χ4n) is 0.738. The van der Waals surface area contributed by atoms with Crippen molar-refractivity contribution in [3.8, 4) is 0 Å². The van der Waals surface area contributed by atoms with E-state index in [0.29, 0.717) is 11.3 Å². The Morgan fingerprint density at radius 2 is 2.40 bits per heavy atom. The number of hydrogen-bond acceptors (Lipinski definition) is 2. The molecule has 0 saturated carbocycles. The van der Waals surface area contributed by atoms with Crippen molar-refractivity contribution in [1.82, 2.24) is 0 Å². The molecule has 0 aromatic carbocycles. The zero-order valence-electron chi connectivity index (χ0n) is 5.74. The molecule has 0 atom stereocenters. The van der Waals surface area contributed by atoms with Crippen molar-refractivity contribution in [1.29, 1.82) is 0 Å². The number of anilines is 1. The third-order valence-corrected chi connectivity index (χ3v) is 1.29. The van der Waals surface area contributed by atoms with Gasteiger partial charge in [-0.1, -0.05) is 0 Å². The summed E-state index contributed by atoms with van der Waals surface area (Å²) in [5.41, 5.74) is 6.53. The van der Waals surface area contributed by atoms with E-state index in [1.165, 1.54) is 0 Å². The Bertz CT molecular complexity index is 258. The molecule has 2 N–H and O–H groups in total. The van der Waals surface area contributed by atoms with Gasteiger partial charge in [0, 0.05) is 11.6 Å². The fourth-order valence-corrected chi connectivity index (χ4v) is 0.738. The molecule has 0 bridgehead atoms. The summed E-state index contributed by atoms with van der Waals surface area (Å²) in [6.45, 7) is 0. The smallest absolute Gasteiger partial charge is 0.192 e. The molecule has 0 aliphatic heterocycles. The summed E-state index contributed by atoms with van der Waals surface area (Å²) in [6, 6.07) is 1.68. The van der Waals surface area contributed by atoms with Crippen LogP contribution in [-0.2, 0) is 7.05 Å². The summed E-state index contributed by atoms with van der Waals surface area (Å²) >= 11 is 0. The number of aldehydes is 1. The van der Waals surface area contributed by atoms with Gasteiger partial charge in [0.25, 0.3) is 0 Å². The van der Waals surface area contributed by atoms with E-state index in [0.717, 1.165) is 6.29 Å². The van der Waals surface area contributed by atoms with Crippen LogP contribution < -0.4 is 10.3 Å². The van der Waals surface area contributed by atoms with Crippen LogP contribution in [0.2, 0.25) is 0 Å². The predicted molar refractivity (Wildman–Crippen MR) is 37.4 cm³/mol. The van der Waals surface area contributed by atoms with E-state index in [1.54, 1.807) is 23.0 Å². The van der Waals surface area contributed by atoms with Crippen LogP contribution in [0.4, 0.5) is 5.69 Å². The molecule has 0 saturated heterocycles. The van der Waals surface area contributed by atoms with E-state index in [9.17, 15) is 4.79 Å². The Kier molecular flexibility index (Phi) is 1.67. The number of aromatic nitrogens is 1. The predicted octanol–water partition coefficient (Wildman–Crippen LogP) is -0.0942. The van der Waals surface area contributed by atoms with Crippen LogP contribution in [0.5, 0.6) is 0 Å². The number of carbonyl (C=O) groups excluding carboxylic acids is 1. The minimum atomic E-state index is 0.514. The van der Waals surface area contributed by atoms with Crippen LogP contribution in [0, 0.1) is 0 Å². The van der Waals surface area contributed by atoms with Crippen molar-refractivity contribution in [2.24, 2.45) is 7.05 Å². The molecule has 1 rings (SSSR count). The number of aryl methyl sites for hydroxylation is 1. The molecular formula is C7H9N2O+. The van der Waals surface area contributed by atoms with Crippen LogP contribution in [0.3, 0.4) is 0 Å². The maximum atomic E-state index is 10.2. The first-order chi connectivity index (χ1) is 4.74. The third-order valence-electron chi connectivity index (χ3n) is 1.29. The van der Waals surface area contributed by atoms with Crippen LogP contribution >= 0.6 is 0 Å². The van der Waals surface area contributed by atoms with Gasteiger partial charge in [0.15, 0.2) is 18.7 Å². The highest BCUT2D eigenvalue weighted by Crippen LogP contribution is 2.02. The van der Waals surface area contributed by atoms with Crippen LogP contribution in [0.1, 0.15) is 10.4 Å². The SMILES string of the molecule is C[n+]1ccc(C=O)c(N)c1. The lowest BCUT2D eigenvalue weighted by molar-refractivity contribution is -0.670. The average Bonchev–Trinajstić information content (AvgIpc) is 1.88. The largest absolute Gasteiger partial charge is 0.393 e. The number of hydrogen-bond donors (Lipinski definition) is 1. The molecule has 52 valence electrons. The fraction of sp³-hybridized carbons (Fsp3) is 0.143. The van der Waals surface area contributed by atoms with Gasteiger partial charge in [-0.15, -0.1) is 0 Å². The Morgan fingerprint density at radius 1 is 1.70 bits per heavy atom. The van der Waals surface area contributed by atoms with Crippen LogP contribution in [-0.4, -0.2) is 6.29 Å². The first-order valence-corrected chi connectivity index (χ1v) is 2.94. The first-order valence-electron chi connectivity index (χ1n) is 2.94. The molecule has 10 heavy (non-hydrogen) atoms. The zero-order valence-corrected chi connectivity index (χ0v) is 5.74. The minimum absolute atomic E-state index is 0.514. The maximum Gasteiger partial charge on any atom is 0.192 e. The molecule has 0 amide bonds. The van der Waals surface area contributed by atoms with E-state index in [1.807, 2.05) is 7.05 Å². The third kappa shape index (κ3) is 1.13. The van der Waals surface area contributed by atoms with E-state index in [4.69, 9.17) is 5.73 Å². The number of pyridine rings is 1. The lowest BCUT2D eigenvalue weighted by Gasteiger charge is -1.92. The molecule has 1 heterocycles. The van der Waals surface area contributed by atoms with Gasteiger partial charge in [-0.2, -0.15) is 0 Å². The molecule has 1 aromatic rings. The van der Waals surface area contributed by atoms with Crippen molar-refractivity contribution in [2.45, 2.75) is 0 Å². The summed E-state index contributed by atoms with van der Waals surface area (Å²) in [5, 5.41) is 0. The number of nitrogens with two attached hydrogens (primary N) is 1. The normalized spacial score (nSPS) is 9.30. The first kappa shape index (κ1) is 6.74. The molecular weight excluding hydrogens is 128 g/mol. The number of nitrogens with zero attached hydrogens (tertiary/aromatic N) is 1. The topological polar surface area (TPSA) is 47.0 Å². The van der Waals surface area contributed by atoms with E-state index < -0.39 is 0 Å². The van der Waals surface area contributed by atoms with E-state index in [-0.39, 0.29) is 0 Å². The summed E-state index contributed by atoms with van der Waals surface area (Å²) in [7, 11) is 1.85. The van der Waals surface area contributed by atoms with Gasteiger partial charge >= 0.3 is 0 Å². The van der Waals surface area contributed by atoms with E-state index >= 15 is 0 Å². The van der Waals surface area contributed by atoms with Crippen molar-refractivity contribution < 1.29 is 9.36 Å². The second-order valence-electron chi connectivity index (χ2n) is 2.14. The highest BCUT2D eigenvalue weighted by molar-refractivity contribution is 5.81. The number of rotatable bonds is 1. The van der Waals surface area contributed by atoms with E-state index in [2.05, 4.69) is 0 Å². The van der Waals surface area contributed by atoms with Gasteiger partial charge in [-0.25, -0.2) is 4.57 Å². The van der Waals surface area contributed by atoms with Gasteiger partial charge < -0.3 is 5.73 Å². The van der Waals surface area contributed by atoms with Gasteiger partial charge in [0.05, 0.1) is 0 Å². The molecule has 0 fully saturated rings. The van der Waals surface area contributed by atoms with Gasteiger partial charge in [0.2, 0.25) is 0 Å². The lowest BCUT2D eigenvalue weighted by atomic mass is 10.2. The molecule has 0 spiro atoms. The maximum absolute atomic E-state index is 10.2. The summed E-state index contributed by atoms with van der Waals surface area (Å²) in [6.07, 6.45) is 4.22.